The molecule has 1 N–H and O–H groups in total. The minimum absolute atomic E-state index is 0.0556. The van der Waals surface area contributed by atoms with E-state index < -0.39 is 23.6 Å². The summed E-state index contributed by atoms with van der Waals surface area (Å²) >= 11 is 0. The number of nitro groups is 1. The lowest BCUT2D eigenvalue weighted by Crippen LogP contribution is -2.14. The molecule has 0 spiro atoms. The van der Waals surface area contributed by atoms with Crippen LogP contribution in [0.1, 0.15) is 5.56 Å². The van der Waals surface area contributed by atoms with E-state index in [4.69, 9.17) is 5.26 Å². The lowest BCUT2D eigenvalue weighted by Gasteiger charge is -2.07. The van der Waals surface area contributed by atoms with Crippen LogP contribution in [0.25, 0.3) is 0 Å². The van der Waals surface area contributed by atoms with E-state index in [2.05, 4.69) is 15.0 Å². The van der Waals surface area contributed by atoms with Crippen LogP contribution in [-0.2, 0) is 4.74 Å². The predicted molar refractivity (Wildman–Crippen MR) is 60.9 cm³/mol. The molecule has 0 atom stereocenters. The first kappa shape index (κ1) is 14.7. The summed E-state index contributed by atoms with van der Waals surface area (Å²) in [5.41, 5.74) is -0.574. The van der Waals surface area contributed by atoms with Gasteiger partial charge < -0.3 is 10.1 Å². The minimum atomic E-state index is -2.56. The van der Waals surface area contributed by atoms with Crippen molar-refractivity contribution >= 4 is 11.5 Å². The van der Waals surface area contributed by atoms with Crippen LogP contribution in [-0.4, -0.2) is 36.1 Å². The van der Waals surface area contributed by atoms with Crippen molar-refractivity contribution in [3.63, 3.8) is 0 Å². The standard InChI is InChI=1S/C10H10F2N4O3/c11-8(12)6-19-4-3-15-10-9(16(17)18)7(5-13)1-2-14-10/h1-2,8H,3-4,6H2,(H,14,15). The molecule has 1 aromatic rings. The highest BCUT2D eigenvalue weighted by atomic mass is 19.3. The summed E-state index contributed by atoms with van der Waals surface area (Å²) in [5, 5.41) is 22.1. The van der Waals surface area contributed by atoms with E-state index >= 15 is 0 Å². The first-order valence-corrected chi connectivity index (χ1v) is 5.19. The van der Waals surface area contributed by atoms with Gasteiger partial charge >= 0.3 is 5.69 Å². The van der Waals surface area contributed by atoms with Gasteiger partial charge in [0.15, 0.2) is 0 Å². The fourth-order valence-corrected chi connectivity index (χ4v) is 1.27. The number of pyridine rings is 1. The summed E-state index contributed by atoms with van der Waals surface area (Å²) < 4.78 is 28.1. The third kappa shape index (κ3) is 4.44. The molecule has 0 saturated heterocycles. The zero-order chi connectivity index (χ0) is 14.3. The van der Waals surface area contributed by atoms with Crippen molar-refractivity contribution in [3.05, 3.63) is 27.9 Å². The third-order valence-electron chi connectivity index (χ3n) is 2.01. The molecule has 1 rings (SSSR count). The molecule has 0 aliphatic carbocycles. The molecule has 1 heterocycles. The van der Waals surface area contributed by atoms with Gasteiger partial charge in [-0.3, -0.25) is 10.1 Å². The number of nitriles is 1. The Kier molecular flexibility index (Phi) is 5.56. The number of hydrogen-bond acceptors (Lipinski definition) is 6. The van der Waals surface area contributed by atoms with Crippen LogP contribution in [0.4, 0.5) is 20.3 Å². The molecule has 0 aromatic carbocycles. The molecule has 102 valence electrons. The fraction of sp³-hybridized carbons (Fsp3) is 0.400. The summed E-state index contributed by atoms with van der Waals surface area (Å²) in [4.78, 5) is 13.8. The predicted octanol–water partition coefficient (Wildman–Crippen LogP) is 1.56. The maximum atomic E-state index is 11.8. The molecular weight excluding hydrogens is 262 g/mol. The number of aromatic nitrogens is 1. The molecule has 0 aliphatic rings. The molecule has 0 fully saturated rings. The molecule has 0 aliphatic heterocycles. The molecule has 0 bridgehead atoms. The van der Waals surface area contributed by atoms with Crippen LogP contribution in [0.15, 0.2) is 12.3 Å². The maximum absolute atomic E-state index is 11.8. The molecule has 7 nitrogen and oxygen atoms in total. The highest BCUT2D eigenvalue weighted by Gasteiger charge is 2.20. The van der Waals surface area contributed by atoms with Gasteiger partial charge in [-0.2, -0.15) is 5.26 Å². The molecule has 19 heavy (non-hydrogen) atoms. The second-order valence-electron chi connectivity index (χ2n) is 3.32. The van der Waals surface area contributed by atoms with Crippen LogP contribution in [0.5, 0.6) is 0 Å². The fourth-order valence-electron chi connectivity index (χ4n) is 1.27. The molecule has 0 amide bonds. The van der Waals surface area contributed by atoms with Crippen LogP contribution >= 0.6 is 0 Å². The van der Waals surface area contributed by atoms with E-state index in [9.17, 15) is 18.9 Å². The second-order valence-corrected chi connectivity index (χ2v) is 3.32. The van der Waals surface area contributed by atoms with Gasteiger partial charge in [-0.15, -0.1) is 0 Å². The van der Waals surface area contributed by atoms with Gasteiger partial charge in [-0.25, -0.2) is 13.8 Å². The van der Waals surface area contributed by atoms with E-state index in [1.165, 1.54) is 12.3 Å². The van der Waals surface area contributed by atoms with Crippen LogP contribution in [0.3, 0.4) is 0 Å². The number of halogens is 2. The Morgan fingerprint density at radius 3 is 2.95 bits per heavy atom. The molecule has 1 aromatic heterocycles. The van der Waals surface area contributed by atoms with Gasteiger partial charge in [0.05, 0.1) is 11.5 Å². The number of alkyl halides is 2. The minimum Gasteiger partial charge on any atom is -0.374 e. The van der Waals surface area contributed by atoms with Gasteiger partial charge in [0.1, 0.15) is 18.2 Å². The van der Waals surface area contributed by atoms with E-state index in [-0.39, 0.29) is 24.5 Å². The second kappa shape index (κ2) is 7.17. The summed E-state index contributed by atoms with van der Waals surface area (Å²) in [7, 11) is 0. The number of anilines is 1. The van der Waals surface area contributed by atoms with Gasteiger partial charge in [0.2, 0.25) is 5.82 Å². The van der Waals surface area contributed by atoms with Crippen molar-refractivity contribution in [1.29, 1.82) is 5.26 Å². The van der Waals surface area contributed by atoms with Gasteiger partial charge in [0.25, 0.3) is 6.43 Å². The third-order valence-corrected chi connectivity index (χ3v) is 2.01. The highest BCUT2D eigenvalue weighted by Crippen LogP contribution is 2.25. The van der Waals surface area contributed by atoms with E-state index in [1.807, 2.05) is 0 Å². The lowest BCUT2D eigenvalue weighted by atomic mass is 10.2. The van der Waals surface area contributed by atoms with Crippen molar-refractivity contribution in [2.75, 3.05) is 25.1 Å². The smallest absolute Gasteiger partial charge is 0.328 e. The van der Waals surface area contributed by atoms with Gasteiger partial charge in [0, 0.05) is 12.7 Å². The topological polar surface area (TPSA) is 101 Å². The Morgan fingerprint density at radius 2 is 2.37 bits per heavy atom. The molecule has 0 radical (unpaired) electrons. The average molecular weight is 272 g/mol. The van der Waals surface area contributed by atoms with E-state index in [0.717, 1.165) is 0 Å². The largest absolute Gasteiger partial charge is 0.374 e. The van der Waals surface area contributed by atoms with Crippen molar-refractivity contribution in [2.45, 2.75) is 6.43 Å². The summed E-state index contributed by atoms with van der Waals surface area (Å²) in [5.74, 6) is -0.0929. The van der Waals surface area contributed by atoms with Crippen molar-refractivity contribution < 1.29 is 18.4 Å². The summed E-state index contributed by atoms with van der Waals surface area (Å²) in [6, 6.07) is 2.90. The lowest BCUT2D eigenvalue weighted by molar-refractivity contribution is -0.384. The number of nitrogens with zero attached hydrogens (tertiary/aromatic N) is 3. The highest BCUT2D eigenvalue weighted by molar-refractivity contribution is 5.63. The van der Waals surface area contributed by atoms with Crippen LogP contribution in [0.2, 0.25) is 0 Å². The number of rotatable bonds is 7. The number of ether oxygens (including phenoxy) is 1. The van der Waals surface area contributed by atoms with Gasteiger partial charge in [-0.1, -0.05) is 0 Å². The normalized spacial score (nSPS) is 10.2. The summed E-state index contributed by atoms with van der Waals surface area (Å²) in [6.45, 7) is -0.690. The van der Waals surface area contributed by atoms with Crippen molar-refractivity contribution in [3.8, 4) is 6.07 Å². The first-order valence-electron chi connectivity index (χ1n) is 5.19. The SMILES string of the molecule is N#Cc1ccnc(NCCOCC(F)F)c1[N+](=O)[O-]. The Bertz CT molecular complexity index is 490. The molecular formula is C10H10F2N4O3. The Labute approximate surface area is 107 Å². The quantitative estimate of drug-likeness (QED) is 0.459. The average Bonchev–Trinajstić information content (AvgIpc) is 2.37. The molecule has 9 heteroatoms. The maximum Gasteiger partial charge on any atom is 0.328 e. The van der Waals surface area contributed by atoms with Crippen molar-refractivity contribution in [1.82, 2.24) is 4.98 Å². The van der Waals surface area contributed by atoms with E-state index in [1.54, 1.807) is 6.07 Å². The number of nitrogens with one attached hydrogen (secondary N) is 1. The zero-order valence-electron chi connectivity index (χ0n) is 9.68. The first-order chi connectivity index (χ1) is 9.06. The summed E-state index contributed by atoms with van der Waals surface area (Å²) in [6.07, 6.45) is -1.32. The monoisotopic (exact) mass is 272 g/mol. The zero-order valence-corrected chi connectivity index (χ0v) is 9.68. The number of hydrogen-bond donors (Lipinski definition) is 1. The van der Waals surface area contributed by atoms with E-state index in [0.29, 0.717) is 0 Å². The van der Waals surface area contributed by atoms with Crippen LogP contribution < -0.4 is 5.32 Å². The molecule has 0 unspecified atom stereocenters. The Hall–Kier alpha value is -2.34. The van der Waals surface area contributed by atoms with Crippen molar-refractivity contribution in [2.24, 2.45) is 0 Å². The Morgan fingerprint density at radius 1 is 1.63 bits per heavy atom. The van der Waals surface area contributed by atoms with Crippen LogP contribution in [0, 0.1) is 21.4 Å². The molecule has 0 saturated carbocycles. The van der Waals surface area contributed by atoms with Gasteiger partial charge in [-0.05, 0) is 6.07 Å². The Balaban J connectivity index is 2.64.